The van der Waals surface area contributed by atoms with E-state index in [9.17, 15) is 14.4 Å². The molecule has 0 saturated carbocycles. The Morgan fingerprint density at radius 1 is 0.960 bits per heavy atom. The molecule has 0 unspecified atom stereocenters. The van der Waals surface area contributed by atoms with Crippen molar-refractivity contribution in [1.29, 1.82) is 0 Å². The van der Waals surface area contributed by atoms with E-state index in [-0.39, 0.29) is 17.5 Å². The molecule has 0 N–H and O–H groups in total. The number of piperidine rings is 1. The number of rotatable bonds is 3. The second-order valence-electron chi connectivity index (χ2n) is 6.82. The van der Waals surface area contributed by atoms with Gasteiger partial charge in [-0.25, -0.2) is 4.98 Å². The van der Waals surface area contributed by atoms with Crippen LogP contribution in [0, 0.1) is 5.92 Å². The second kappa shape index (κ2) is 7.63. The van der Waals surface area contributed by atoms with Crippen LogP contribution in [0.5, 0.6) is 0 Å². The second-order valence-corrected chi connectivity index (χ2v) is 6.82. The lowest BCUT2D eigenvalue weighted by Gasteiger charge is -2.32. The topological polar surface area (TPSA) is 73.8 Å². The number of nitrogens with zero attached hydrogens (tertiary/aromatic N) is 4. The highest BCUT2D eigenvalue weighted by atomic mass is 16.2. The van der Waals surface area contributed by atoms with E-state index in [0.29, 0.717) is 37.8 Å². The molecule has 1 aromatic heterocycles. The maximum atomic E-state index is 12.6. The maximum Gasteiger partial charge on any atom is 0.272 e. The molecule has 7 nitrogen and oxygen atoms in total. The molecule has 0 spiro atoms. The van der Waals surface area contributed by atoms with Crippen molar-refractivity contribution in [3.8, 4) is 0 Å². The molecule has 2 saturated heterocycles. The van der Waals surface area contributed by atoms with Gasteiger partial charge in [0.15, 0.2) is 0 Å². The van der Waals surface area contributed by atoms with Gasteiger partial charge in [-0.05, 0) is 30.9 Å². The molecule has 25 heavy (non-hydrogen) atoms. The number of carbonyl (C=O) groups is 3. The number of pyridine rings is 1. The largest absolute Gasteiger partial charge is 0.342 e. The molecule has 2 aliphatic heterocycles. The number of carbonyl (C=O) groups excluding carboxylic acids is 3. The maximum absolute atomic E-state index is 12.6. The summed E-state index contributed by atoms with van der Waals surface area (Å²) in [5.74, 6) is 0.356. The molecule has 2 fully saturated rings. The lowest BCUT2D eigenvalue weighted by atomic mass is 9.99. The van der Waals surface area contributed by atoms with Crippen LogP contribution in [0.2, 0.25) is 0 Å². The van der Waals surface area contributed by atoms with Crippen molar-refractivity contribution >= 4 is 18.2 Å². The van der Waals surface area contributed by atoms with E-state index in [1.165, 1.54) is 0 Å². The number of hydrogen-bond acceptors (Lipinski definition) is 4. The number of piperazine rings is 1. The predicted molar refractivity (Wildman–Crippen MR) is 92.1 cm³/mol. The summed E-state index contributed by atoms with van der Waals surface area (Å²) in [7, 11) is 0. The van der Waals surface area contributed by atoms with Gasteiger partial charge in [0, 0.05) is 39.3 Å². The number of hydrogen-bond donors (Lipinski definition) is 0. The molecule has 0 radical (unpaired) electrons. The van der Waals surface area contributed by atoms with Gasteiger partial charge in [0.2, 0.25) is 6.41 Å². The van der Waals surface area contributed by atoms with Gasteiger partial charge in [-0.2, -0.15) is 0 Å². The zero-order chi connectivity index (χ0) is 17.8. The third-order valence-electron chi connectivity index (χ3n) is 5.01. The van der Waals surface area contributed by atoms with Crippen molar-refractivity contribution < 1.29 is 14.4 Å². The van der Waals surface area contributed by atoms with Crippen LogP contribution in [0.3, 0.4) is 0 Å². The minimum atomic E-state index is -0.188. The SMILES string of the molecule is CC1CCN(C(=O)c2cccc(C(=O)N3CCN(C=O)CC3)n2)CC1. The van der Waals surface area contributed by atoms with Gasteiger partial charge in [-0.3, -0.25) is 14.4 Å². The summed E-state index contributed by atoms with van der Waals surface area (Å²) in [5, 5.41) is 0. The van der Waals surface area contributed by atoms with Gasteiger partial charge in [-0.1, -0.05) is 13.0 Å². The highest BCUT2D eigenvalue weighted by Crippen LogP contribution is 2.18. The van der Waals surface area contributed by atoms with Crippen LogP contribution in [0.15, 0.2) is 18.2 Å². The summed E-state index contributed by atoms with van der Waals surface area (Å²) in [6.07, 6.45) is 2.82. The zero-order valence-corrected chi connectivity index (χ0v) is 14.6. The van der Waals surface area contributed by atoms with Gasteiger partial charge in [0.1, 0.15) is 11.4 Å². The van der Waals surface area contributed by atoms with Crippen molar-refractivity contribution in [2.45, 2.75) is 19.8 Å². The molecule has 3 amide bonds. The van der Waals surface area contributed by atoms with Crippen molar-refractivity contribution in [3.05, 3.63) is 29.6 Å². The molecule has 3 heterocycles. The first kappa shape index (κ1) is 17.4. The van der Waals surface area contributed by atoms with E-state index >= 15 is 0 Å². The summed E-state index contributed by atoms with van der Waals surface area (Å²) in [4.78, 5) is 45.5. The molecule has 0 aliphatic carbocycles. The average Bonchev–Trinajstić information content (AvgIpc) is 2.67. The summed E-state index contributed by atoms with van der Waals surface area (Å²) in [6, 6.07) is 5.02. The lowest BCUT2D eigenvalue weighted by Crippen LogP contribution is -2.48. The fourth-order valence-electron chi connectivity index (χ4n) is 3.24. The highest BCUT2D eigenvalue weighted by molar-refractivity contribution is 5.96. The Morgan fingerprint density at radius 2 is 1.48 bits per heavy atom. The minimum absolute atomic E-state index is 0.104. The van der Waals surface area contributed by atoms with Crippen LogP contribution in [0.1, 0.15) is 40.7 Å². The van der Waals surface area contributed by atoms with Gasteiger partial charge in [0.05, 0.1) is 0 Å². The Balaban J connectivity index is 1.67. The number of likely N-dealkylation sites (tertiary alicyclic amines) is 1. The molecule has 7 heteroatoms. The van der Waals surface area contributed by atoms with Crippen LogP contribution >= 0.6 is 0 Å². The molecule has 0 aromatic carbocycles. The van der Waals surface area contributed by atoms with E-state index in [1.54, 1.807) is 28.0 Å². The molecular formula is C18H24N4O3. The van der Waals surface area contributed by atoms with Gasteiger partial charge in [-0.15, -0.1) is 0 Å². The number of aromatic nitrogens is 1. The molecule has 2 aliphatic rings. The smallest absolute Gasteiger partial charge is 0.272 e. The van der Waals surface area contributed by atoms with Crippen LogP contribution in [0.4, 0.5) is 0 Å². The molecule has 1 aromatic rings. The standard InChI is InChI=1S/C18H24N4O3/c1-14-5-7-21(8-6-14)17(24)15-3-2-4-16(19-15)18(25)22-11-9-20(13-23)10-12-22/h2-4,13-14H,5-12H2,1H3. The van der Waals surface area contributed by atoms with Gasteiger partial charge >= 0.3 is 0 Å². The van der Waals surface area contributed by atoms with Gasteiger partial charge < -0.3 is 14.7 Å². The van der Waals surface area contributed by atoms with Crippen molar-refractivity contribution in [2.24, 2.45) is 5.92 Å². The summed E-state index contributed by atoms with van der Waals surface area (Å²) >= 11 is 0. The van der Waals surface area contributed by atoms with Crippen molar-refractivity contribution in [1.82, 2.24) is 19.7 Å². The zero-order valence-electron chi connectivity index (χ0n) is 14.6. The third-order valence-corrected chi connectivity index (χ3v) is 5.01. The van der Waals surface area contributed by atoms with Crippen LogP contribution in [-0.2, 0) is 4.79 Å². The summed E-state index contributed by atoms with van der Waals surface area (Å²) in [6.45, 7) is 5.72. The first-order valence-electron chi connectivity index (χ1n) is 8.83. The predicted octanol–water partition coefficient (Wildman–Crippen LogP) is 0.868. The van der Waals surface area contributed by atoms with Crippen LogP contribution in [0.25, 0.3) is 0 Å². The summed E-state index contributed by atoms with van der Waals surface area (Å²) in [5.41, 5.74) is 0.614. The number of amides is 3. The quantitative estimate of drug-likeness (QED) is 0.763. The van der Waals surface area contributed by atoms with E-state index in [1.807, 2.05) is 4.90 Å². The monoisotopic (exact) mass is 344 g/mol. The normalized spacial score (nSPS) is 19.0. The Bertz CT molecular complexity index is 647. The fraction of sp³-hybridized carbons (Fsp3) is 0.556. The highest BCUT2D eigenvalue weighted by Gasteiger charge is 2.25. The van der Waals surface area contributed by atoms with Crippen molar-refractivity contribution in [3.63, 3.8) is 0 Å². The Morgan fingerprint density at radius 3 is 2.00 bits per heavy atom. The van der Waals surface area contributed by atoms with Crippen LogP contribution < -0.4 is 0 Å². The van der Waals surface area contributed by atoms with E-state index < -0.39 is 0 Å². The molecule has 0 atom stereocenters. The first-order valence-corrected chi connectivity index (χ1v) is 8.83. The summed E-state index contributed by atoms with van der Waals surface area (Å²) < 4.78 is 0. The minimum Gasteiger partial charge on any atom is -0.342 e. The molecule has 134 valence electrons. The fourth-order valence-corrected chi connectivity index (χ4v) is 3.24. The Kier molecular flexibility index (Phi) is 5.31. The van der Waals surface area contributed by atoms with E-state index in [4.69, 9.17) is 0 Å². The lowest BCUT2D eigenvalue weighted by molar-refractivity contribution is -0.119. The average molecular weight is 344 g/mol. The molecule has 3 rings (SSSR count). The Hall–Kier alpha value is -2.44. The third kappa shape index (κ3) is 3.97. The van der Waals surface area contributed by atoms with E-state index in [2.05, 4.69) is 11.9 Å². The van der Waals surface area contributed by atoms with E-state index in [0.717, 1.165) is 32.3 Å². The molecule has 0 bridgehead atoms. The first-order chi connectivity index (χ1) is 12.1. The van der Waals surface area contributed by atoms with Gasteiger partial charge in [0.25, 0.3) is 11.8 Å². The van der Waals surface area contributed by atoms with Crippen LogP contribution in [-0.4, -0.2) is 77.2 Å². The Labute approximate surface area is 147 Å². The molecular weight excluding hydrogens is 320 g/mol. The van der Waals surface area contributed by atoms with Crippen molar-refractivity contribution in [2.75, 3.05) is 39.3 Å².